The van der Waals surface area contributed by atoms with Gasteiger partial charge in [-0.3, -0.25) is 4.79 Å². The maximum Gasteiger partial charge on any atom is 0.407 e. The number of allylic oxidation sites excluding steroid dienone is 8. The smallest absolute Gasteiger partial charge is 0.407 e. The van der Waals surface area contributed by atoms with Crippen LogP contribution < -0.4 is 41.8 Å². The number of nitrogens with one attached hydrogen (secondary N) is 5. The van der Waals surface area contributed by atoms with Crippen LogP contribution in [0.25, 0.3) is 5.57 Å². The minimum Gasteiger partial charge on any atom is -0.748 e. The van der Waals surface area contributed by atoms with Crippen molar-refractivity contribution in [2.45, 2.75) is 183 Å². The molecule has 32 nitrogen and oxygen atoms in total. The molecule has 0 unspecified atom stereocenters. The molecule has 678 valence electrons. The monoisotopic (exact) mass is 1840 g/mol. The van der Waals surface area contributed by atoms with Gasteiger partial charge in [0.1, 0.15) is 28.0 Å². The highest BCUT2D eigenvalue weighted by Crippen LogP contribution is 2.49. The summed E-state index contributed by atoms with van der Waals surface area (Å²) in [5.74, 6) is 0.504. The van der Waals surface area contributed by atoms with E-state index in [4.69, 9.17) is 57.2 Å². The Morgan fingerprint density at radius 3 is 1.69 bits per heavy atom. The first-order valence-corrected chi connectivity index (χ1v) is 48.4. The highest BCUT2D eigenvalue weighted by molar-refractivity contribution is 7.89. The number of alkyl carbamates (subject to hydrolysis) is 1. The zero-order valence-electron chi connectivity index (χ0n) is 72.1. The number of Topliss-reactive ketones (excluding diaryl/α,β-unsaturated/α-hetero) is 1. The van der Waals surface area contributed by atoms with Crippen molar-refractivity contribution in [2.24, 2.45) is 10.3 Å². The Morgan fingerprint density at radius 2 is 1.14 bits per heavy atom. The number of ether oxygens (including phenoxy) is 5. The number of primary sulfonamides is 2. The number of anilines is 7. The van der Waals surface area contributed by atoms with E-state index < -0.39 is 63.1 Å². The number of hydrogen-bond donors (Lipinski definition) is 7. The SMILES string of the molecule is CC(C)(C)OC(=O)NCCOCCOCCNc1nc(Cl)nc(Nc2ccc(S(N)(=O)=O)cc2)n1.CCCCCN1/C(=C/C=C2\CCCC(/C=C/C3=[N+](CCCCS(=O)(=O)[O-])c4ccc(S(=O)(=O)[O-])cc4C3(C)C)=C2c2ccc(CCCCC(=O)CCCOCCOCCNc3nc(Cl)nc(Nc4ccc(S(N)(=O)=O)cc4)n3)cc2)C(C)(C)c2cc(C)ccc21. The molecule has 2 aliphatic heterocycles. The van der Waals surface area contributed by atoms with Gasteiger partial charge in [0.15, 0.2) is 5.71 Å². The first-order valence-electron chi connectivity index (χ1n) is 41.6. The standard InChI is InChI=1S/C67H85ClN8O11S3.C20H30ClN7O6S/c1-7-8-11-38-75-58-33-21-47(2)45-56(58)66(3,4)60(75)35-26-49-17-14-18-50(27-36-61-67(5,6)57-46-55(90(83,84)85)32-34-59(57)76(61)39-12-13-44-88(78,79)80)62(49)51-24-22-48(23-25-51)16-9-10-19-53(77)20-15-40-86-42-43-87-41-37-70-64-72-63(68)73-65(74-64)71-52-28-30-54(31-29-52)89(69,81)82;1-20(2,3)34-19(29)24-9-11-33-13-12-32-10-8-23-17-26-16(21)27-18(28-17)25-14-4-6-15(7-5-14)35(22,30)31/h21-36,45-46H,7-20,37-44H2,1-6H3,(H5-,69,70,71,72,73,74,78,79,80,81,82,83,84,85);4-7H,8-13H2,1-3H3,(H,24,29)(H2,22,30,31)(H2,23,25,26,27,28)/p-1. The van der Waals surface area contributed by atoms with E-state index in [-0.39, 0.29) is 66.7 Å². The van der Waals surface area contributed by atoms with Gasteiger partial charge < -0.3 is 64.3 Å². The molecule has 0 atom stereocenters. The summed E-state index contributed by atoms with van der Waals surface area (Å²) in [6.45, 7) is 23.7. The topological polar surface area (TPSA) is 459 Å². The van der Waals surface area contributed by atoms with Crippen molar-refractivity contribution < 1.29 is 80.6 Å². The number of sulfonamides is 2. The number of amides is 1. The summed E-state index contributed by atoms with van der Waals surface area (Å²) < 4.78 is 147. The molecule has 0 fully saturated rings. The molecule has 5 aromatic carbocycles. The minimum atomic E-state index is -4.76. The quantitative estimate of drug-likeness (QED) is 0.0106. The molecule has 0 bridgehead atoms. The number of aromatic nitrogens is 6. The predicted molar refractivity (Wildman–Crippen MR) is 483 cm³/mol. The molecule has 0 spiro atoms. The first kappa shape index (κ1) is 99.5. The van der Waals surface area contributed by atoms with Crippen molar-refractivity contribution >= 4 is 133 Å². The Balaban J connectivity index is 0.000000422. The van der Waals surface area contributed by atoms with Crippen LogP contribution in [0.4, 0.5) is 51.3 Å². The average Bonchev–Trinajstić information content (AvgIpc) is 1.59. The number of halogens is 2. The van der Waals surface area contributed by atoms with E-state index in [1.807, 2.05) is 13.8 Å². The van der Waals surface area contributed by atoms with Crippen LogP contribution in [-0.4, -0.2) is 192 Å². The number of carbonyl (C=O) groups excluding carboxylic acids is 2. The normalized spacial score (nSPS) is 15.2. The highest BCUT2D eigenvalue weighted by Gasteiger charge is 2.45. The molecular formula is C87H114Cl2N15O17S4-. The van der Waals surface area contributed by atoms with E-state index >= 15 is 0 Å². The van der Waals surface area contributed by atoms with Crippen molar-refractivity contribution in [1.29, 1.82) is 0 Å². The van der Waals surface area contributed by atoms with Crippen LogP contribution in [-0.2, 0) is 86.0 Å². The van der Waals surface area contributed by atoms with Gasteiger partial charge in [-0.1, -0.05) is 87.7 Å². The van der Waals surface area contributed by atoms with E-state index in [1.165, 1.54) is 94.3 Å². The molecule has 125 heavy (non-hydrogen) atoms. The number of rotatable bonds is 46. The number of ketones is 1. The van der Waals surface area contributed by atoms with Crippen LogP contribution in [0.1, 0.15) is 167 Å². The number of hydrogen-bond acceptors (Lipinski definition) is 28. The molecule has 9 N–H and O–H groups in total. The summed E-state index contributed by atoms with van der Waals surface area (Å²) in [4.78, 5) is 51.2. The molecule has 4 heterocycles. The number of carbonyl (C=O) groups is 2. The van der Waals surface area contributed by atoms with Gasteiger partial charge in [0.05, 0.1) is 76.5 Å². The molecule has 1 aliphatic carbocycles. The lowest BCUT2D eigenvalue weighted by atomic mass is 9.79. The van der Waals surface area contributed by atoms with Crippen molar-refractivity contribution in [3.05, 3.63) is 189 Å². The second kappa shape index (κ2) is 46.0. The van der Waals surface area contributed by atoms with Crippen LogP contribution >= 0.6 is 23.2 Å². The average molecular weight is 1840 g/mol. The molecule has 0 saturated heterocycles. The molecule has 0 saturated carbocycles. The van der Waals surface area contributed by atoms with Gasteiger partial charge in [0, 0.05) is 104 Å². The van der Waals surface area contributed by atoms with Crippen LogP contribution in [0.2, 0.25) is 10.6 Å². The number of nitrogens with two attached hydrogens (primary N) is 2. The summed E-state index contributed by atoms with van der Waals surface area (Å²) >= 11 is 12.1. The Kier molecular flexibility index (Phi) is 36.6. The lowest BCUT2D eigenvalue weighted by molar-refractivity contribution is -0.438. The molecular weight excluding hydrogens is 1730 g/mol. The maximum absolute atomic E-state index is 12.9. The van der Waals surface area contributed by atoms with Gasteiger partial charge in [-0.2, -0.15) is 34.5 Å². The Hall–Kier alpha value is -9.25. The van der Waals surface area contributed by atoms with Gasteiger partial charge in [-0.05, 0) is 229 Å². The van der Waals surface area contributed by atoms with Crippen molar-refractivity contribution in [3.8, 4) is 0 Å². The molecule has 0 radical (unpaired) electrons. The van der Waals surface area contributed by atoms with Crippen molar-refractivity contribution in [1.82, 2.24) is 35.2 Å². The third-order valence-electron chi connectivity index (χ3n) is 20.6. The summed E-state index contributed by atoms with van der Waals surface area (Å²) in [6, 6.07) is 31.5. The van der Waals surface area contributed by atoms with Gasteiger partial charge in [-0.25, -0.2) is 48.7 Å². The van der Waals surface area contributed by atoms with E-state index in [1.54, 1.807) is 26.8 Å². The van der Waals surface area contributed by atoms with E-state index in [9.17, 15) is 52.4 Å². The molecule has 10 rings (SSSR count). The first-order chi connectivity index (χ1) is 59.1. The fraction of sp³-hybridized carbons (Fsp3) is 0.460. The minimum absolute atomic E-state index is 0.0121. The number of nitrogens with zero attached hydrogens (tertiary/aromatic N) is 8. The van der Waals surface area contributed by atoms with Crippen LogP contribution in [0, 0.1) is 6.92 Å². The molecule has 38 heteroatoms. The fourth-order valence-corrected chi connectivity index (χ4v) is 16.9. The van der Waals surface area contributed by atoms with E-state index in [2.05, 4.69) is 160 Å². The third kappa shape index (κ3) is 31.3. The van der Waals surface area contributed by atoms with Crippen LogP contribution in [0.3, 0.4) is 0 Å². The molecule has 2 aromatic heterocycles. The van der Waals surface area contributed by atoms with Crippen molar-refractivity contribution in [3.63, 3.8) is 0 Å². The van der Waals surface area contributed by atoms with Gasteiger partial charge in [0.25, 0.3) is 0 Å². The Labute approximate surface area is 744 Å². The number of aryl methyl sites for hydroxylation is 2. The largest absolute Gasteiger partial charge is 0.748 e. The summed E-state index contributed by atoms with van der Waals surface area (Å²) in [5, 5.41) is 24.7. The maximum atomic E-state index is 12.9. The molecule has 3 aliphatic rings. The second-order valence-corrected chi connectivity index (χ2v) is 39.0. The number of benzene rings is 5. The fourth-order valence-electron chi connectivity index (χ4n) is 14.5. The van der Waals surface area contributed by atoms with Gasteiger partial charge in [0.2, 0.25) is 60.1 Å². The zero-order valence-corrected chi connectivity index (χ0v) is 76.8. The molecule has 7 aromatic rings. The van der Waals surface area contributed by atoms with Crippen LogP contribution in [0.5, 0.6) is 0 Å². The van der Waals surface area contributed by atoms with E-state index in [0.29, 0.717) is 122 Å². The third-order valence-corrected chi connectivity index (χ3v) is 24.4. The summed E-state index contributed by atoms with van der Waals surface area (Å²) in [6.07, 6.45) is 18.9. The Morgan fingerprint density at radius 1 is 0.584 bits per heavy atom. The Bertz CT molecular complexity index is 5520. The van der Waals surface area contributed by atoms with Gasteiger partial charge >= 0.3 is 6.09 Å². The van der Waals surface area contributed by atoms with Crippen LogP contribution in [0.15, 0.2) is 165 Å². The highest BCUT2D eigenvalue weighted by atomic mass is 35.5. The second-order valence-electron chi connectivity index (χ2n) is 32.3. The number of fused-ring (bicyclic) bond motifs is 2. The van der Waals surface area contributed by atoms with E-state index in [0.717, 1.165) is 92.4 Å². The number of unbranched alkanes of at least 4 members (excludes halogenated alkanes) is 4. The summed E-state index contributed by atoms with van der Waals surface area (Å²) in [7, 11) is -16.8. The lowest BCUT2D eigenvalue weighted by Gasteiger charge is -2.28. The zero-order chi connectivity index (χ0) is 90.8. The van der Waals surface area contributed by atoms with Gasteiger partial charge in [-0.15, -0.1) is 0 Å². The lowest BCUT2D eigenvalue weighted by Crippen LogP contribution is -2.34. The summed E-state index contributed by atoms with van der Waals surface area (Å²) in [5.41, 5.74) is 12.6. The van der Waals surface area contributed by atoms with Crippen molar-refractivity contribution in [2.75, 3.05) is 117 Å². The predicted octanol–water partition coefficient (Wildman–Crippen LogP) is 13.9. The molecule has 1 amide bonds.